The van der Waals surface area contributed by atoms with Gasteiger partial charge in [-0.25, -0.2) is 4.79 Å². The first-order chi connectivity index (χ1) is 12.2. The summed E-state index contributed by atoms with van der Waals surface area (Å²) in [5.41, 5.74) is -3.32. The summed E-state index contributed by atoms with van der Waals surface area (Å²) >= 11 is 0. The second kappa shape index (κ2) is 6.29. The van der Waals surface area contributed by atoms with Crippen molar-refractivity contribution in [1.82, 2.24) is 4.57 Å². The Labute approximate surface area is 143 Å². The topological polar surface area (TPSA) is 59.3 Å². The summed E-state index contributed by atoms with van der Waals surface area (Å²) in [5, 5.41) is 9.06. The predicted molar refractivity (Wildman–Crippen MR) is 85.7 cm³/mol. The Balaban J connectivity index is 2.31. The fourth-order valence-corrected chi connectivity index (χ4v) is 2.82. The number of hydrogen-bond acceptors (Lipinski definition) is 2. The molecule has 0 atom stereocenters. The van der Waals surface area contributed by atoms with E-state index in [0.717, 1.165) is 10.6 Å². The van der Waals surface area contributed by atoms with E-state index >= 15 is 0 Å². The maximum Gasteiger partial charge on any atom is 0.416 e. The van der Waals surface area contributed by atoms with Gasteiger partial charge in [0.25, 0.3) is 0 Å². The van der Waals surface area contributed by atoms with Gasteiger partial charge in [0.1, 0.15) is 0 Å². The van der Waals surface area contributed by atoms with Crippen LogP contribution in [0.15, 0.2) is 53.3 Å². The lowest BCUT2D eigenvalue weighted by Gasteiger charge is -2.17. The van der Waals surface area contributed by atoms with Crippen molar-refractivity contribution in [3.05, 3.63) is 81.4 Å². The molecule has 4 nitrogen and oxygen atoms in total. The molecule has 0 unspecified atom stereocenters. The van der Waals surface area contributed by atoms with E-state index in [-0.39, 0.29) is 16.5 Å². The van der Waals surface area contributed by atoms with Crippen molar-refractivity contribution in [2.24, 2.45) is 0 Å². The molecular weight excluding hydrogens is 354 g/mol. The van der Waals surface area contributed by atoms with Gasteiger partial charge in [0, 0.05) is 5.39 Å². The molecular formula is C18H11F4NO3. The van der Waals surface area contributed by atoms with Crippen molar-refractivity contribution in [3.63, 3.8) is 0 Å². The lowest BCUT2D eigenvalue weighted by molar-refractivity contribution is -0.138. The van der Waals surface area contributed by atoms with Crippen molar-refractivity contribution in [3.8, 4) is 0 Å². The lowest BCUT2D eigenvalue weighted by atomic mass is 10.1. The van der Waals surface area contributed by atoms with Gasteiger partial charge in [-0.15, -0.1) is 0 Å². The lowest BCUT2D eigenvalue weighted by Crippen LogP contribution is -2.24. The number of pyridine rings is 1. The van der Waals surface area contributed by atoms with Crippen LogP contribution in [0.1, 0.15) is 21.5 Å². The van der Waals surface area contributed by atoms with Gasteiger partial charge >= 0.3 is 12.1 Å². The number of fused-ring (bicyclic) bond motifs is 1. The van der Waals surface area contributed by atoms with Gasteiger partial charge in [-0.2, -0.15) is 17.6 Å². The van der Waals surface area contributed by atoms with Crippen molar-refractivity contribution in [2.45, 2.75) is 12.7 Å². The number of para-hydroxylation sites is 1. The quantitative estimate of drug-likeness (QED) is 0.566. The minimum absolute atomic E-state index is 0.0111. The zero-order valence-electron chi connectivity index (χ0n) is 13.0. The average Bonchev–Trinajstić information content (AvgIpc) is 2.58. The number of benzene rings is 2. The van der Waals surface area contributed by atoms with E-state index in [4.69, 9.17) is 5.11 Å². The number of alkyl halides is 3. The minimum Gasteiger partial charge on any atom is -0.477 e. The van der Waals surface area contributed by atoms with Crippen molar-refractivity contribution >= 4 is 16.9 Å². The van der Waals surface area contributed by atoms with E-state index in [1.165, 1.54) is 42.5 Å². The van der Waals surface area contributed by atoms with Gasteiger partial charge in [0.2, 0.25) is 11.4 Å². The second-order valence-corrected chi connectivity index (χ2v) is 5.56. The Hall–Kier alpha value is -3.16. The van der Waals surface area contributed by atoms with Crippen LogP contribution in [0.2, 0.25) is 0 Å². The number of hydrogen-bond donors (Lipinski definition) is 1. The first kappa shape index (κ1) is 17.7. The highest BCUT2D eigenvalue weighted by Gasteiger charge is 2.33. The first-order valence-corrected chi connectivity index (χ1v) is 7.41. The van der Waals surface area contributed by atoms with Crippen LogP contribution in [-0.4, -0.2) is 15.6 Å². The van der Waals surface area contributed by atoms with Crippen LogP contribution in [0, 0.1) is 5.95 Å². The highest BCUT2D eigenvalue weighted by molar-refractivity contribution is 5.92. The molecule has 8 heteroatoms. The summed E-state index contributed by atoms with van der Waals surface area (Å²) in [6.45, 7) is -0.581. The highest BCUT2D eigenvalue weighted by Crippen LogP contribution is 2.32. The predicted octanol–water partition coefficient (Wildman–Crippen LogP) is 3.91. The van der Waals surface area contributed by atoms with E-state index in [1.54, 1.807) is 0 Å². The van der Waals surface area contributed by atoms with Gasteiger partial charge in [-0.1, -0.05) is 30.3 Å². The van der Waals surface area contributed by atoms with E-state index < -0.39 is 41.2 Å². The maximum absolute atomic E-state index is 14.7. The van der Waals surface area contributed by atoms with Crippen LogP contribution >= 0.6 is 0 Å². The molecule has 26 heavy (non-hydrogen) atoms. The number of rotatable bonds is 3. The van der Waals surface area contributed by atoms with Crippen molar-refractivity contribution in [2.75, 3.05) is 0 Å². The molecule has 1 aromatic heterocycles. The molecule has 0 fully saturated rings. The van der Waals surface area contributed by atoms with Gasteiger partial charge in [-0.05, 0) is 23.8 Å². The summed E-state index contributed by atoms with van der Waals surface area (Å²) in [5.74, 6) is -3.17. The number of halogens is 4. The van der Waals surface area contributed by atoms with Crippen LogP contribution < -0.4 is 5.43 Å². The van der Waals surface area contributed by atoms with E-state index in [0.29, 0.717) is 0 Å². The van der Waals surface area contributed by atoms with Gasteiger partial charge in [0.15, 0.2) is 5.56 Å². The molecule has 1 heterocycles. The monoisotopic (exact) mass is 365 g/mol. The SMILES string of the molecule is O=C(O)c1c(F)n(Cc2ccccc2C(F)(F)F)c2ccccc2c1=O. The largest absolute Gasteiger partial charge is 0.477 e. The Bertz CT molecular complexity index is 1070. The highest BCUT2D eigenvalue weighted by atomic mass is 19.4. The third-order valence-electron chi connectivity index (χ3n) is 3.97. The normalized spacial score (nSPS) is 11.7. The molecule has 134 valence electrons. The fourth-order valence-electron chi connectivity index (χ4n) is 2.82. The van der Waals surface area contributed by atoms with Crippen LogP contribution in [0.5, 0.6) is 0 Å². The van der Waals surface area contributed by atoms with Crippen molar-refractivity contribution < 1.29 is 27.5 Å². The molecule has 0 saturated carbocycles. The molecule has 3 rings (SSSR count). The van der Waals surface area contributed by atoms with Crippen LogP contribution in [0.3, 0.4) is 0 Å². The average molecular weight is 365 g/mol. The number of nitrogens with zero attached hydrogens (tertiary/aromatic N) is 1. The first-order valence-electron chi connectivity index (χ1n) is 7.41. The molecule has 0 amide bonds. The molecule has 3 aromatic rings. The summed E-state index contributed by atoms with van der Waals surface area (Å²) < 4.78 is 55.1. The molecule has 2 aromatic carbocycles. The molecule has 0 aliphatic heterocycles. The van der Waals surface area contributed by atoms with Crippen LogP contribution in [0.25, 0.3) is 10.9 Å². The summed E-state index contributed by atoms with van der Waals surface area (Å²) in [6.07, 6.45) is -4.66. The molecule has 0 aliphatic rings. The Kier molecular flexibility index (Phi) is 4.27. The van der Waals surface area contributed by atoms with E-state index in [9.17, 15) is 27.2 Å². The number of aromatic carboxylic acids is 1. The van der Waals surface area contributed by atoms with E-state index in [1.807, 2.05) is 0 Å². The molecule has 1 N–H and O–H groups in total. The zero-order valence-corrected chi connectivity index (χ0v) is 13.0. The second-order valence-electron chi connectivity index (χ2n) is 5.56. The van der Waals surface area contributed by atoms with Crippen molar-refractivity contribution in [1.29, 1.82) is 0 Å². The third kappa shape index (κ3) is 2.94. The van der Waals surface area contributed by atoms with Gasteiger partial charge in [-0.3, -0.25) is 4.79 Å². The molecule has 0 aliphatic carbocycles. The van der Waals surface area contributed by atoms with Gasteiger partial charge < -0.3 is 9.67 Å². The molecule has 0 bridgehead atoms. The summed E-state index contributed by atoms with van der Waals surface area (Å²) in [6, 6.07) is 10.2. The Morgan fingerprint density at radius 2 is 1.65 bits per heavy atom. The summed E-state index contributed by atoms with van der Waals surface area (Å²) in [7, 11) is 0. The standard InChI is InChI=1S/C18H11F4NO3/c19-16-14(17(25)26)15(24)11-6-2-4-8-13(11)23(16)9-10-5-1-3-7-12(10)18(20,21)22/h1-8H,9H2,(H,25,26). The molecule has 0 saturated heterocycles. The minimum atomic E-state index is -4.66. The number of carboxylic acids is 1. The van der Waals surface area contributed by atoms with Gasteiger partial charge in [0.05, 0.1) is 17.6 Å². The Morgan fingerprint density at radius 3 is 2.31 bits per heavy atom. The molecule has 0 spiro atoms. The number of aromatic nitrogens is 1. The Morgan fingerprint density at radius 1 is 1.04 bits per heavy atom. The maximum atomic E-state index is 14.7. The zero-order chi connectivity index (χ0) is 19.1. The smallest absolute Gasteiger partial charge is 0.416 e. The molecule has 0 radical (unpaired) electrons. The van der Waals surface area contributed by atoms with E-state index in [2.05, 4.69) is 0 Å². The van der Waals surface area contributed by atoms with Crippen LogP contribution in [-0.2, 0) is 12.7 Å². The number of carboxylic acid groups (broad SMARTS) is 1. The fraction of sp³-hybridized carbons (Fsp3) is 0.111. The summed E-state index contributed by atoms with van der Waals surface area (Å²) in [4.78, 5) is 23.5. The number of carbonyl (C=O) groups is 1. The van der Waals surface area contributed by atoms with Crippen LogP contribution in [0.4, 0.5) is 17.6 Å². The third-order valence-corrected chi connectivity index (χ3v) is 3.97.